The number of rotatable bonds is 3. The van der Waals surface area contributed by atoms with Crippen LogP contribution in [-0.2, 0) is 27.8 Å². The summed E-state index contributed by atoms with van der Waals surface area (Å²) in [4.78, 5) is 15.7. The van der Waals surface area contributed by atoms with Gasteiger partial charge in [-0.25, -0.2) is 8.42 Å². The Morgan fingerprint density at radius 1 is 0.933 bits per heavy atom. The predicted octanol–water partition coefficient (Wildman–Crippen LogP) is 3.62. The van der Waals surface area contributed by atoms with Crippen molar-refractivity contribution in [2.45, 2.75) is 51.1 Å². The van der Waals surface area contributed by atoms with Gasteiger partial charge in [0.05, 0.1) is 4.90 Å². The lowest BCUT2D eigenvalue weighted by Gasteiger charge is -2.41. The first-order valence-electron chi connectivity index (χ1n) is 10.7. The third kappa shape index (κ3) is 4.03. The van der Waals surface area contributed by atoms with E-state index in [1.807, 2.05) is 36.1 Å². The number of piperidine rings is 1. The summed E-state index contributed by atoms with van der Waals surface area (Å²) >= 11 is 0. The number of carbonyl (C=O) groups is 1. The largest absolute Gasteiger partial charge is 0.341 e. The van der Waals surface area contributed by atoms with Crippen molar-refractivity contribution in [1.29, 1.82) is 0 Å². The Hall–Kier alpha value is -2.18. The average Bonchev–Trinajstić information content (AvgIpc) is 2.72. The second kappa shape index (κ2) is 8.16. The van der Waals surface area contributed by atoms with Crippen molar-refractivity contribution >= 4 is 15.9 Å². The molecular weight excluding hydrogens is 396 g/mol. The fourth-order valence-corrected chi connectivity index (χ4v) is 6.42. The van der Waals surface area contributed by atoms with Crippen LogP contribution in [0.1, 0.15) is 37.0 Å². The Kier molecular flexibility index (Phi) is 5.73. The minimum absolute atomic E-state index is 0.0708. The maximum Gasteiger partial charge on any atom is 0.244 e. The second-order valence-corrected chi connectivity index (χ2v) is 10.9. The van der Waals surface area contributed by atoms with Gasteiger partial charge in [0.25, 0.3) is 0 Å². The molecule has 6 heteroatoms. The first-order valence-corrected chi connectivity index (χ1v) is 12.1. The van der Waals surface area contributed by atoms with Crippen LogP contribution in [0.2, 0.25) is 0 Å². The average molecular weight is 427 g/mol. The van der Waals surface area contributed by atoms with Crippen molar-refractivity contribution in [3.8, 4) is 0 Å². The summed E-state index contributed by atoms with van der Waals surface area (Å²) in [5.41, 5.74) is 3.03. The third-order valence-electron chi connectivity index (χ3n) is 6.30. The van der Waals surface area contributed by atoms with Gasteiger partial charge in [-0.2, -0.15) is 4.31 Å². The van der Waals surface area contributed by atoms with Gasteiger partial charge < -0.3 is 4.90 Å². The summed E-state index contributed by atoms with van der Waals surface area (Å²) in [6.07, 6.45) is 1.52. The zero-order valence-electron chi connectivity index (χ0n) is 17.9. The van der Waals surface area contributed by atoms with Crippen molar-refractivity contribution < 1.29 is 13.2 Å². The summed E-state index contributed by atoms with van der Waals surface area (Å²) in [6, 6.07) is 14.0. The van der Waals surface area contributed by atoms with E-state index in [4.69, 9.17) is 0 Å². The summed E-state index contributed by atoms with van der Waals surface area (Å²) < 4.78 is 28.6. The van der Waals surface area contributed by atoms with Crippen molar-refractivity contribution in [3.05, 3.63) is 65.2 Å². The van der Waals surface area contributed by atoms with Gasteiger partial charge in [-0.1, -0.05) is 55.8 Å². The van der Waals surface area contributed by atoms with Crippen LogP contribution in [0.15, 0.2) is 53.4 Å². The molecule has 4 rings (SSSR count). The topological polar surface area (TPSA) is 57.7 Å². The molecule has 30 heavy (non-hydrogen) atoms. The lowest BCUT2D eigenvalue weighted by Crippen LogP contribution is -2.55. The third-order valence-corrected chi connectivity index (χ3v) is 8.17. The Bertz CT molecular complexity index is 1020. The number of hydrogen-bond acceptors (Lipinski definition) is 3. The van der Waals surface area contributed by atoms with Crippen molar-refractivity contribution in [2.75, 3.05) is 13.1 Å². The summed E-state index contributed by atoms with van der Waals surface area (Å²) in [5.74, 6) is 0.782. The van der Waals surface area contributed by atoms with Gasteiger partial charge in [0, 0.05) is 19.6 Å². The highest BCUT2D eigenvalue weighted by atomic mass is 32.2. The molecule has 0 unspecified atom stereocenters. The molecule has 0 aromatic heterocycles. The zero-order valence-corrected chi connectivity index (χ0v) is 18.7. The maximum absolute atomic E-state index is 13.6. The predicted molar refractivity (Wildman–Crippen MR) is 117 cm³/mol. The highest BCUT2D eigenvalue weighted by molar-refractivity contribution is 7.89. The van der Waals surface area contributed by atoms with E-state index in [-0.39, 0.29) is 17.3 Å². The van der Waals surface area contributed by atoms with E-state index in [2.05, 4.69) is 13.8 Å². The minimum Gasteiger partial charge on any atom is -0.341 e. The molecule has 2 aromatic rings. The van der Waals surface area contributed by atoms with Crippen LogP contribution in [0.3, 0.4) is 0 Å². The zero-order chi connectivity index (χ0) is 21.5. The Morgan fingerprint density at radius 2 is 1.53 bits per heavy atom. The molecule has 1 amide bonds. The highest BCUT2D eigenvalue weighted by Gasteiger charge is 2.42. The first-order chi connectivity index (χ1) is 14.3. The molecule has 0 N–H and O–H groups in total. The van der Waals surface area contributed by atoms with Crippen LogP contribution >= 0.6 is 0 Å². The number of fused-ring (bicyclic) bond motifs is 1. The molecule has 2 aromatic carbocycles. The number of benzene rings is 2. The van der Waals surface area contributed by atoms with E-state index < -0.39 is 16.1 Å². The molecule has 160 valence electrons. The van der Waals surface area contributed by atoms with Gasteiger partial charge >= 0.3 is 0 Å². The van der Waals surface area contributed by atoms with E-state index >= 15 is 0 Å². The molecular formula is C24H30N2O3S. The maximum atomic E-state index is 13.6. The van der Waals surface area contributed by atoms with Gasteiger partial charge in [-0.3, -0.25) is 4.79 Å². The van der Waals surface area contributed by atoms with Crippen LogP contribution in [0.25, 0.3) is 0 Å². The number of carbonyl (C=O) groups excluding carboxylic acids is 1. The Balaban J connectivity index is 1.72. The fraction of sp³-hybridized carbons (Fsp3) is 0.458. The molecule has 0 saturated carbocycles. The molecule has 0 spiro atoms. The summed E-state index contributed by atoms with van der Waals surface area (Å²) in [5, 5.41) is 0. The lowest BCUT2D eigenvalue weighted by molar-refractivity contribution is -0.138. The number of amides is 1. The molecule has 0 aliphatic carbocycles. The van der Waals surface area contributed by atoms with Crippen LogP contribution in [0.4, 0.5) is 0 Å². The normalized spacial score (nSPS) is 25.0. The number of hydrogen-bond donors (Lipinski definition) is 0. The van der Waals surface area contributed by atoms with Crippen LogP contribution in [0.5, 0.6) is 0 Å². The fourth-order valence-electron chi connectivity index (χ4n) is 4.86. The highest BCUT2D eigenvalue weighted by Crippen LogP contribution is 2.31. The van der Waals surface area contributed by atoms with Crippen molar-refractivity contribution in [3.63, 3.8) is 0 Å². The molecule has 2 aliphatic heterocycles. The second-order valence-electron chi connectivity index (χ2n) is 9.04. The molecule has 0 radical (unpaired) electrons. The number of aryl methyl sites for hydroxylation is 1. The standard InChI is InChI=1S/C24H30N2O3S/c1-17-8-10-22(11-9-17)30(28,29)26-16-21-7-5-4-6-20(21)13-23(26)24(27)25-14-18(2)12-19(3)15-25/h4-11,18-19,23H,12-16H2,1-3H3/t18-,19+,23-/m0/s1. The quantitative estimate of drug-likeness (QED) is 0.753. The Morgan fingerprint density at radius 3 is 2.17 bits per heavy atom. The smallest absolute Gasteiger partial charge is 0.244 e. The van der Waals surface area contributed by atoms with Gasteiger partial charge in [-0.15, -0.1) is 0 Å². The summed E-state index contributed by atoms with van der Waals surface area (Å²) in [7, 11) is -3.80. The van der Waals surface area contributed by atoms with Gasteiger partial charge in [0.1, 0.15) is 6.04 Å². The molecule has 1 fully saturated rings. The van der Waals surface area contributed by atoms with E-state index in [0.717, 1.165) is 23.1 Å². The first kappa shape index (κ1) is 21.1. The van der Waals surface area contributed by atoms with Crippen molar-refractivity contribution in [2.24, 2.45) is 11.8 Å². The molecule has 5 nitrogen and oxygen atoms in total. The van der Waals surface area contributed by atoms with Crippen LogP contribution in [-0.4, -0.2) is 42.7 Å². The molecule has 2 aliphatic rings. The monoisotopic (exact) mass is 426 g/mol. The molecule has 1 saturated heterocycles. The van der Waals surface area contributed by atoms with Crippen molar-refractivity contribution in [1.82, 2.24) is 9.21 Å². The minimum atomic E-state index is -3.80. The number of sulfonamides is 1. The van der Waals surface area contributed by atoms with E-state index in [1.165, 1.54) is 4.31 Å². The molecule has 3 atom stereocenters. The summed E-state index contributed by atoms with van der Waals surface area (Å²) in [6.45, 7) is 7.86. The lowest BCUT2D eigenvalue weighted by atomic mass is 9.90. The van der Waals surface area contributed by atoms with Gasteiger partial charge in [-0.05, 0) is 54.9 Å². The van der Waals surface area contributed by atoms with Gasteiger partial charge in [0.2, 0.25) is 15.9 Å². The molecule has 2 heterocycles. The molecule has 0 bridgehead atoms. The number of likely N-dealkylation sites (tertiary alicyclic amines) is 1. The van der Waals surface area contributed by atoms with Gasteiger partial charge in [0.15, 0.2) is 0 Å². The van der Waals surface area contributed by atoms with Crippen LogP contribution < -0.4 is 0 Å². The number of nitrogens with zero attached hydrogens (tertiary/aromatic N) is 2. The Labute approximate surface area is 179 Å². The SMILES string of the molecule is Cc1ccc(S(=O)(=O)N2Cc3ccccc3C[C@H]2C(=O)N2C[C@H](C)C[C@H](C)C2)cc1. The van der Waals surface area contributed by atoms with Crippen LogP contribution in [0, 0.1) is 18.8 Å². The van der Waals surface area contributed by atoms with E-state index in [1.54, 1.807) is 24.3 Å². The van der Waals surface area contributed by atoms with E-state index in [0.29, 0.717) is 31.3 Å². The van der Waals surface area contributed by atoms with E-state index in [9.17, 15) is 13.2 Å².